The van der Waals surface area contributed by atoms with E-state index in [1.807, 2.05) is 49.4 Å². The van der Waals surface area contributed by atoms with Crippen molar-refractivity contribution in [1.82, 2.24) is 9.71 Å². The predicted molar refractivity (Wildman–Crippen MR) is 131 cm³/mol. The van der Waals surface area contributed by atoms with E-state index in [1.54, 1.807) is 6.92 Å². The Morgan fingerprint density at radius 3 is 2.39 bits per heavy atom. The summed E-state index contributed by atoms with van der Waals surface area (Å²) in [5.74, 6) is 0.964. The van der Waals surface area contributed by atoms with Gasteiger partial charge in [-0.1, -0.05) is 42.5 Å². The number of rotatable bonds is 9. The van der Waals surface area contributed by atoms with Crippen LogP contribution in [-0.4, -0.2) is 31.3 Å². The minimum absolute atomic E-state index is 0.00770. The van der Waals surface area contributed by atoms with Crippen LogP contribution in [0.15, 0.2) is 54.6 Å². The van der Waals surface area contributed by atoms with Gasteiger partial charge >= 0.3 is 0 Å². The van der Waals surface area contributed by atoms with Gasteiger partial charge in [0.25, 0.3) is 0 Å². The lowest BCUT2D eigenvalue weighted by Crippen LogP contribution is -2.39. The molecule has 1 aliphatic carbocycles. The number of para-hydroxylation sites is 1. The lowest BCUT2D eigenvalue weighted by Gasteiger charge is -2.29. The second-order valence-electron chi connectivity index (χ2n) is 8.61. The van der Waals surface area contributed by atoms with Gasteiger partial charge in [-0.3, -0.25) is 0 Å². The lowest BCUT2D eigenvalue weighted by atomic mass is 9.94. The summed E-state index contributed by atoms with van der Waals surface area (Å²) in [5.41, 5.74) is 3.88. The van der Waals surface area contributed by atoms with E-state index in [0.29, 0.717) is 13.2 Å². The number of hydrogen-bond donors (Lipinski definition) is 1. The maximum Gasteiger partial charge on any atom is 0.211 e. The summed E-state index contributed by atoms with van der Waals surface area (Å²) < 4.78 is 38.9. The van der Waals surface area contributed by atoms with Crippen molar-refractivity contribution >= 4 is 20.9 Å². The van der Waals surface area contributed by atoms with Crippen LogP contribution in [0.25, 0.3) is 10.9 Å². The molecule has 1 aliphatic rings. The first kappa shape index (κ1) is 23.7. The Balaban J connectivity index is 1.43. The van der Waals surface area contributed by atoms with Gasteiger partial charge < -0.3 is 9.47 Å². The standard InChI is InChI=1S/C26H32N2O4S/c1-3-33(29,30)28-21-13-15-22(16-14-21)31-18-25-19(2)26(23-11-7-8-12-24(23)27-25)32-17-20-9-5-4-6-10-20/h4-12,21-22,28H,3,13-18H2,1-2H3/t21-,22-. The molecule has 4 rings (SSSR count). The number of pyridine rings is 1. The van der Waals surface area contributed by atoms with E-state index in [2.05, 4.69) is 16.9 Å². The van der Waals surface area contributed by atoms with Gasteiger partial charge in [-0.25, -0.2) is 18.1 Å². The molecule has 0 amide bonds. The Hall–Kier alpha value is -2.48. The maximum atomic E-state index is 11.8. The molecule has 33 heavy (non-hydrogen) atoms. The van der Waals surface area contributed by atoms with Crippen molar-refractivity contribution in [1.29, 1.82) is 0 Å². The third-order valence-electron chi connectivity index (χ3n) is 6.26. The molecule has 1 heterocycles. The second-order valence-corrected chi connectivity index (χ2v) is 10.7. The van der Waals surface area contributed by atoms with Crippen LogP contribution in [0.3, 0.4) is 0 Å². The van der Waals surface area contributed by atoms with E-state index in [1.165, 1.54) is 0 Å². The topological polar surface area (TPSA) is 77.5 Å². The molecular formula is C26H32N2O4S. The van der Waals surface area contributed by atoms with E-state index >= 15 is 0 Å². The van der Waals surface area contributed by atoms with Gasteiger partial charge in [0.1, 0.15) is 12.4 Å². The highest BCUT2D eigenvalue weighted by Gasteiger charge is 2.25. The van der Waals surface area contributed by atoms with Crippen LogP contribution in [0.2, 0.25) is 0 Å². The number of nitrogens with one attached hydrogen (secondary N) is 1. The fraction of sp³-hybridized carbons (Fsp3) is 0.423. The number of fused-ring (bicyclic) bond motifs is 1. The van der Waals surface area contributed by atoms with Crippen molar-refractivity contribution in [2.45, 2.75) is 64.9 Å². The number of nitrogens with zero attached hydrogens (tertiary/aromatic N) is 1. The normalized spacial score (nSPS) is 19.0. The van der Waals surface area contributed by atoms with E-state index in [4.69, 9.17) is 14.5 Å². The summed E-state index contributed by atoms with van der Waals surface area (Å²) in [6.45, 7) is 4.60. The van der Waals surface area contributed by atoms with E-state index in [9.17, 15) is 8.42 Å². The van der Waals surface area contributed by atoms with Crippen molar-refractivity contribution in [2.24, 2.45) is 0 Å². The quantitative estimate of drug-likeness (QED) is 0.484. The zero-order chi connectivity index (χ0) is 23.3. The molecule has 0 spiro atoms. The molecule has 0 radical (unpaired) electrons. The summed E-state index contributed by atoms with van der Waals surface area (Å²) >= 11 is 0. The smallest absolute Gasteiger partial charge is 0.211 e. The number of hydrogen-bond acceptors (Lipinski definition) is 5. The Labute approximate surface area is 196 Å². The zero-order valence-corrected chi connectivity index (χ0v) is 20.1. The molecule has 0 unspecified atom stereocenters. The van der Waals surface area contributed by atoms with Crippen molar-refractivity contribution < 1.29 is 17.9 Å². The second kappa shape index (κ2) is 10.6. The van der Waals surface area contributed by atoms with Gasteiger partial charge in [0.15, 0.2) is 0 Å². The molecule has 0 atom stereocenters. The van der Waals surface area contributed by atoms with Crippen molar-refractivity contribution in [3.63, 3.8) is 0 Å². The van der Waals surface area contributed by atoms with Crippen LogP contribution < -0.4 is 9.46 Å². The van der Waals surface area contributed by atoms with Crippen molar-refractivity contribution in [3.05, 3.63) is 71.4 Å². The maximum absolute atomic E-state index is 11.8. The average molecular weight is 469 g/mol. The minimum atomic E-state index is -3.16. The number of aromatic nitrogens is 1. The molecule has 7 heteroatoms. The highest BCUT2D eigenvalue weighted by molar-refractivity contribution is 7.89. The third-order valence-corrected chi connectivity index (χ3v) is 7.71. The summed E-state index contributed by atoms with van der Waals surface area (Å²) in [5, 5.41) is 0.999. The first-order chi connectivity index (χ1) is 15.9. The summed E-state index contributed by atoms with van der Waals surface area (Å²) in [6, 6.07) is 18.2. The first-order valence-electron chi connectivity index (χ1n) is 11.6. The highest BCUT2D eigenvalue weighted by Crippen LogP contribution is 2.32. The molecule has 0 aliphatic heterocycles. The van der Waals surface area contributed by atoms with Gasteiger partial charge in [0.05, 0.1) is 29.7 Å². The molecule has 2 aromatic carbocycles. The number of ether oxygens (including phenoxy) is 2. The van der Waals surface area contributed by atoms with Crippen molar-refractivity contribution in [2.75, 3.05) is 5.75 Å². The zero-order valence-electron chi connectivity index (χ0n) is 19.3. The largest absolute Gasteiger partial charge is 0.488 e. The highest BCUT2D eigenvalue weighted by atomic mass is 32.2. The Kier molecular flexibility index (Phi) is 7.63. The number of benzene rings is 2. The fourth-order valence-corrected chi connectivity index (χ4v) is 5.17. The SMILES string of the molecule is CCS(=O)(=O)N[C@H]1CC[C@H](OCc2nc3ccccc3c(OCc3ccccc3)c2C)CC1. The van der Waals surface area contributed by atoms with Gasteiger partial charge in [0, 0.05) is 17.0 Å². The van der Waals surface area contributed by atoms with Crippen LogP contribution >= 0.6 is 0 Å². The lowest BCUT2D eigenvalue weighted by molar-refractivity contribution is 0.0110. The van der Waals surface area contributed by atoms with Gasteiger partial charge in [-0.2, -0.15) is 0 Å². The van der Waals surface area contributed by atoms with Crippen molar-refractivity contribution in [3.8, 4) is 5.75 Å². The van der Waals surface area contributed by atoms with E-state index < -0.39 is 10.0 Å². The van der Waals surface area contributed by atoms with Gasteiger partial charge in [-0.05, 0) is 57.2 Å². The van der Waals surface area contributed by atoms with E-state index in [0.717, 1.165) is 59.2 Å². The molecule has 1 aromatic heterocycles. The summed E-state index contributed by atoms with van der Waals surface area (Å²) in [6.07, 6.45) is 3.36. The van der Waals surface area contributed by atoms with Crippen LogP contribution in [0.4, 0.5) is 0 Å². The molecule has 176 valence electrons. The van der Waals surface area contributed by atoms with Gasteiger partial charge in [-0.15, -0.1) is 0 Å². The third kappa shape index (κ3) is 6.10. The van der Waals surface area contributed by atoms with Gasteiger partial charge in [0.2, 0.25) is 10.0 Å². The summed E-state index contributed by atoms with van der Waals surface area (Å²) in [4.78, 5) is 4.85. The van der Waals surface area contributed by atoms with Crippen LogP contribution in [0.5, 0.6) is 5.75 Å². The van der Waals surface area contributed by atoms with Crippen LogP contribution in [0, 0.1) is 6.92 Å². The predicted octanol–water partition coefficient (Wildman–Crippen LogP) is 4.89. The summed E-state index contributed by atoms with van der Waals surface area (Å²) in [7, 11) is -3.16. The minimum Gasteiger partial charge on any atom is -0.488 e. The van der Waals surface area contributed by atoms with Crippen LogP contribution in [-0.2, 0) is 28.0 Å². The Morgan fingerprint density at radius 2 is 1.67 bits per heavy atom. The molecule has 0 saturated heterocycles. The molecule has 1 N–H and O–H groups in total. The molecule has 1 fully saturated rings. The Bertz CT molecular complexity index is 1170. The first-order valence-corrected chi connectivity index (χ1v) is 13.3. The van der Waals surface area contributed by atoms with Crippen LogP contribution in [0.1, 0.15) is 49.4 Å². The molecule has 6 nitrogen and oxygen atoms in total. The molecule has 0 bridgehead atoms. The Morgan fingerprint density at radius 1 is 0.970 bits per heavy atom. The molecular weight excluding hydrogens is 436 g/mol. The molecule has 3 aromatic rings. The number of sulfonamides is 1. The monoisotopic (exact) mass is 468 g/mol. The fourth-order valence-electron chi connectivity index (χ4n) is 4.26. The average Bonchev–Trinajstić information content (AvgIpc) is 2.83. The van der Waals surface area contributed by atoms with E-state index in [-0.39, 0.29) is 17.9 Å². The molecule has 1 saturated carbocycles.